The molecule has 1 heterocycles. The fraction of sp³-hybridized carbons (Fsp3) is 0.909. The van der Waals surface area contributed by atoms with E-state index in [2.05, 4.69) is 0 Å². The fourth-order valence-electron chi connectivity index (χ4n) is 2.02. The van der Waals surface area contributed by atoms with Crippen LogP contribution in [-0.2, 0) is 9.53 Å². The van der Waals surface area contributed by atoms with Crippen LogP contribution in [0.5, 0.6) is 0 Å². The topological polar surface area (TPSA) is 55.6 Å². The second-order valence-corrected chi connectivity index (χ2v) is 4.55. The van der Waals surface area contributed by atoms with Gasteiger partial charge in [0.2, 0.25) is 5.91 Å². The van der Waals surface area contributed by atoms with Crippen LogP contribution in [0.4, 0.5) is 0 Å². The van der Waals surface area contributed by atoms with Crippen molar-refractivity contribution in [1.82, 2.24) is 4.90 Å². The van der Waals surface area contributed by atoms with E-state index < -0.39 is 0 Å². The van der Waals surface area contributed by atoms with Gasteiger partial charge in [0.05, 0.1) is 6.61 Å². The minimum Gasteiger partial charge on any atom is -0.380 e. The number of hydrogen-bond acceptors (Lipinski definition) is 3. The lowest BCUT2D eigenvalue weighted by Crippen LogP contribution is -2.38. The number of ether oxygens (including phenoxy) is 1. The number of nitrogens with two attached hydrogens (primary N) is 1. The molecule has 2 N–H and O–H groups in total. The molecule has 2 fully saturated rings. The van der Waals surface area contributed by atoms with Crippen molar-refractivity contribution in [3.63, 3.8) is 0 Å². The molecule has 15 heavy (non-hydrogen) atoms. The van der Waals surface area contributed by atoms with Crippen LogP contribution >= 0.6 is 0 Å². The lowest BCUT2D eigenvalue weighted by atomic mass is 10.1. The Bertz CT molecular complexity index is 221. The molecule has 86 valence electrons. The van der Waals surface area contributed by atoms with Crippen molar-refractivity contribution >= 4 is 5.91 Å². The Kier molecular flexibility index (Phi) is 3.59. The Hall–Kier alpha value is -0.610. The first-order valence-electron chi connectivity index (χ1n) is 5.88. The van der Waals surface area contributed by atoms with E-state index in [1.807, 2.05) is 4.90 Å². The van der Waals surface area contributed by atoms with E-state index in [-0.39, 0.29) is 11.9 Å². The van der Waals surface area contributed by atoms with Crippen LogP contribution in [-0.4, -0.2) is 43.2 Å². The summed E-state index contributed by atoms with van der Waals surface area (Å²) in [6, 6.07) is 0.0849. The van der Waals surface area contributed by atoms with Crippen molar-refractivity contribution in [3.8, 4) is 0 Å². The molecule has 0 spiro atoms. The third kappa shape index (κ3) is 3.18. The van der Waals surface area contributed by atoms with Crippen molar-refractivity contribution in [1.29, 1.82) is 0 Å². The van der Waals surface area contributed by atoms with Gasteiger partial charge in [-0.2, -0.15) is 0 Å². The van der Waals surface area contributed by atoms with Crippen LogP contribution in [0.25, 0.3) is 0 Å². The predicted octanol–water partition coefficient (Wildman–Crippen LogP) is 0.363. The van der Waals surface area contributed by atoms with Gasteiger partial charge < -0.3 is 15.4 Å². The molecule has 4 nitrogen and oxygen atoms in total. The molecule has 0 aromatic rings. The van der Waals surface area contributed by atoms with E-state index in [9.17, 15) is 4.79 Å². The summed E-state index contributed by atoms with van der Waals surface area (Å²) in [6.45, 7) is 3.01. The number of carbonyl (C=O) groups excluding carboxylic acids is 1. The Morgan fingerprint density at radius 2 is 2.20 bits per heavy atom. The summed E-state index contributed by atoms with van der Waals surface area (Å²) in [5.74, 6) is 0.817. The summed E-state index contributed by atoms with van der Waals surface area (Å²) >= 11 is 0. The summed E-state index contributed by atoms with van der Waals surface area (Å²) in [6.07, 6.45) is 3.88. The molecule has 0 aromatic heterocycles. The third-order valence-electron chi connectivity index (χ3n) is 3.21. The smallest absolute Gasteiger partial charge is 0.224 e. The Morgan fingerprint density at radius 3 is 2.93 bits per heavy atom. The number of hydrogen-bond donors (Lipinski definition) is 1. The maximum atomic E-state index is 11.9. The molecule has 0 radical (unpaired) electrons. The highest BCUT2D eigenvalue weighted by molar-refractivity contribution is 5.76. The van der Waals surface area contributed by atoms with Gasteiger partial charge in [-0.15, -0.1) is 0 Å². The van der Waals surface area contributed by atoms with Crippen molar-refractivity contribution in [2.24, 2.45) is 11.7 Å². The molecule has 0 bridgehead atoms. The minimum atomic E-state index is 0.0849. The predicted molar refractivity (Wildman–Crippen MR) is 57.3 cm³/mol. The van der Waals surface area contributed by atoms with Crippen LogP contribution in [0.3, 0.4) is 0 Å². The second-order valence-electron chi connectivity index (χ2n) is 4.55. The van der Waals surface area contributed by atoms with E-state index in [0.717, 1.165) is 26.1 Å². The second kappa shape index (κ2) is 4.94. The quantitative estimate of drug-likeness (QED) is 0.735. The largest absolute Gasteiger partial charge is 0.380 e. The molecule has 1 amide bonds. The van der Waals surface area contributed by atoms with Gasteiger partial charge >= 0.3 is 0 Å². The summed E-state index contributed by atoms with van der Waals surface area (Å²) in [5, 5.41) is 0. The van der Waals surface area contributed by atoms with Crippen molar-refractivity contribution < 1.29 is 9.53 Å². The molecule has 1 unspecified atom stereocenters. The van der Waals surface area contributed by atoms with E-state index in [0.29, 0.717) is 18.9 Å². The molecule has 2 aliphatic rings. The first-order chi connectivity index (χ1) is 7.27. The average molecular weight is 212 g/mol. The van der Waals surface area contributed by atoms with Crippen LogP contribution in [0, 0.1) is 5.92 Å². The van der Waals surface area contributed by atoms with Crippen LogP contribution in [0.1, 0.15) is 25.7 Å². The normalized spacial score (nSPS) is 24.7. The van der Waals surface area contributed by atoms with Gasteiger partial charge in [-0.25, -0.2) is 0 Å². The zero-order valence-electron chi connectivity index (χ0n) is 9.15. The van der Waals surface area contributed by atoms with Gasteiger partial charge in [-0.05, 0) is 25.2 Å². The maximum Gasteiger partial charge on any atom is 0.224 e. The summed E-state index contributed by atoms with van der Waals surface area (Å²) in [5.41, 5.74) is 5.95. The molecule has 1 atom stereocenters. The van der Waals surface area contributed by atoms with Gasteiger partial charge in [-0.3, -0.25) is 4.79 Å². The lowest BCUT2D eigenvalue weighted by molar-refractivity contribution is -0.131. The zero-order chi connectivity index (χ0) is 10.7. The maximum absolute atomic E-state index is 11.9. The van der Waals surface area contributed by atoms with E-state index in [1.54, 1.807) is 0 Å². The Morgan fingerprint density at radius 1 is 1.40 bits per heavy atom. The Balaban J connectivity index is 1.77. The molecular weight excluding hydrogens is 192 g/mol. The molecular formula is C11H20N2O2. The number of nitrogens with zero attached hydrogens (tertiary/aromatic N) is 1. The van der Waals surface area contributed by atoms with Crippen molar-refractivity contribution in [3.05, 3.63) is 0 Å². The first-order valence-corrected chi connectivity index (χ1v) is 5.88. The van der Waals surface area contributed by atoms with E-state index in [4.69, 9.17) is 10.5 Å². The van der Waals surface area contributed by atoms with Gasteiger partial charge in [0, 0.05) is 32.2 Å². The minimum absolute atomic E-state index is 0.0849. The molecule has 1 saturated carbocycles. The first kappa shape index (κ1) is 10.9. The van der Waals surface area contributed by atoms with Gasteiger partial charge in [0.15, 0.2) is 0 Å². The highest BCUT2D eigenvalue weighted by Crippen LogP contribution is 2.32. The SMILES string of the molecule is NC(CC(=O)N1CCCOCC1)C1CC1. The lowest BCUT2D eigenvalue weighted by Gasteiger charge is -2.21. The summed E-state index contributed by atoms with van der Waals surface area (Å²) in [4.78, 5) is 13.8. The van der Waals surface area contributed by atoms with Gasteiger partial charge in [-0.1, -0.05) is 0 Å². The monoisotopic (exact) mass is 212 g/mol. The number of carbonyl (C=O) groups is 1. The van der Waals surface area contributed by atoms with Crippen LogP contribution in [0.15, 0.2) is 0 Å². The fourth-order valence-corrected chi connectivity index (χ4v) is 2.02. The Labute approximate surface area is 90.8 Å². The zero-order valence-corrected chi connectivity index (χ0v) is 9.15. The van der Waals surface area contributed by atoms with E-state index in [1.165, 1.54) is 12.8 Å². The highest BCUT2D eigenvalue weighted by Gasteiger charge is 2.31. The molecule has 2 rings (SSSR count). The van der Waals surface area contributed by atoms with Gasteiger partial charge in [0.25, 0.3) is 0 Å². The standard InChI is InChI=1S/C11H20N2O2/c12-10(9-2-3-9)8-11(14)13-4-1-6-15-7-5-13/h9-10H,1-8,12H2. The summed E-state index contributed by atoms with van der Waals surface area (Å²) < 4.78 is 5.31. The molecule has 4 heteroatoms. The molecule has 0 aromatic carbocycles. The van der Waals surface area contributed by atoms with E-state index >= 15 is 0 Å². The molecule has 1 aliphatic carbocycles. The molecule has 1 saturated heterocycles. The molecule has 1 aliphatic heterocycles. The number of rotatable bonds is 3. The third-order valence-corrected chi connectivity index (χ3v) is 3.21. The van der Waals surface area contributed by atoms with Crippen LogP contribution in [0.2, 0.25) is 0 Å². The average Bonchev–Trinajstić information content (AvgIpc) is 3.05. The van der Waals surface area contributed by atoms with Gasteiger partial charge in [0.1, 0.15) is 0 Å². The number of amides is 1. The van der Waals surface area contributed by atoms with Crippen molar-refractivity contribution in [2.75, 3.05) is 26.3 Å². The summed E-state index contributed by atoms with van der Waals surface area (Å²) in [7, 11) is 0. The highest BCUT2D eigenvalue weighted by atomic mass is 16.5. The van der Waals surface area contributed by atoms with Crippen LogP contribution < -0.4 is 5.73 Å². The van der Waals surface area contributed by atoms with Crippen molar-refractivity contribution in [2.45, 2.75) is 31.7 Å².